The Bertz CT molecular complexity index is 665. The van der Waals surface area contributed by atoms with Gasteiger partial charge in [-0.3, -0.25) is 9.78 Å². The summed E-state index contributed by atoms with van der Waals surface area (Å²) in [7, 11) is 1.72. The first kappa shape index (κ1) is 14.9. The number of nitrogens with zero attached hydrogens (tertiary/aromatic N) is 2. The number of carbonyl (C=O) groups excluding carboxylic acids is 1. The van der Waals surface area contributed by atoms with E-state index in [2.05, 4.69) is 4.98 Å². The molecule has 0 fully saturated rings. The van der Waals surface area contributed by atoms with E-state index in [1.807, 2.05) is 24.3 Å². The van der Waals surface area contributed by atoms with Crippen molar-refractivity contribution >= 4 is 29.3 Å². The summed E-state index contributed by atoms with van der Waals surface area (Å²) in [4.78, 5) is 28.7. The Balaban J connectivity index is 2.07. The van der Waals surface area contributed by atoms with Crippen LogP contribution in [0, 0.1) is 0 Å². The van der Waals surface area contributed by atoms with Gasteiger partial charge in [-0.15, -0.1) is 11.3 Å². The van der Waals surface area contributed by atoms with Gasteiger partial charge in [-0.05, 0) is 23.3 Å². The Morgan fingerprint density at radius 3 is 2.90 bits per heavy atom. The van der Waals surface area contributed by atoms with Gasteiger partial charge in [0.05, 0.1) is 11.7 Å². The molecule has 5 nitrogen and oxygen atoms in total. The molecular formula is C15H14N2O3S. The predicted molar refractivity (Wildman–Crippen MR) is 81.0 cm³/mol. The molecular weight excluding hydrogens is 288 g/mol. The molecule has 6 heteroatoms. The van der Waals surface area contributed by atoms with Crippen LogP contribution in [0.3, 0.4) is 0 Å². The third-order valence-corrected chi connectivity index (χ3v) is 3.54. The van der Waals surface area contributed by atoms with E-state index in [1.165, 1.54) is 17.4 Å². The number of aromatic nitrogens is 1. The van der Waals surface area contributed by atoms with Gasteiger partial charge in [0.2, 0.25) is 0 Å². The van der Waals surface area contributed by atoms with E-state index >= 15 is 0 Å². The summed E-state index contributed by atoms with van der Waals surface area (Å²) in [5, 5.41) is 8.62. The third-order valence-electron chi connectivity index (χ3n) is 2.78. The number of benzene rings is 1. The zero-order valence-corrected chi connectivity index (χ0v) is 12.2. The van der Waals surface area contributed by atoms with Crippen LogP contribution in [0.25, 0.3) is 6.08 Å². The summed E-state index contributed by atoms with van der Waals surface area (Å²) in [6, 6.07) is 7.40. The van der Waals surface area contributed by atoms with Crippen molar-refractivity contribution in [2.24, 2.45) is 0 Å². The molecule has 0 unspecified atom stereocenters. The maximum Gasteiger partial charge on any atom is 0.328 e. The maximum atomic E-state index is 12.1. The summed E-state index contributed by atoms with van der Waals surface area (Å²) in [5.41, 5.74) is 3.34. The number of hydrogen-bond donors (Lipinski definition) is 1. The van der Waals surface area contributed by atoms with Crippen molar-refractivity contribution in [3.63, 3.8) is 0 Å². The standard InChI is InChI=1S/C15H14N2O3S/c1-17(15(20)13-8-16-10-21-13)9-12-4-2-3-11(7-12)5-6-14(18)19/h2-8,10H,9H2,1H3,(H,18,19)/b6-5+. The number of aliphatic carboxylic acids is 1. The van der Waals surface area contributed by atoms with Crippen molar-refractivity contribution in [2.75, 3.05) is 7.05 Å². The van der Waals surface area contributed by atoms with Crippen LogP contribution >= 0.6 is 11.3 Å². The Hall–Kier alpha value is -2.47. The molecule has 0 atom stereocenters. The largest absolute Gasteiger partial charge is 0.478 e. The number of thiazole rings is 1. The second kappa shape index (κ2) is 6.81. The van der Waals surface area contributed by atoms with Crippen molar-refractivity contribution in [1.29, 1.82) is 0 Å². The first-order valence-electron chi connectivity index (χ1n) is 6.20. The van der Waals surface area contributed by atoms with Crippen molar-refractivity contribution in [1.82, 2.24) is 9.88 Å². The minimum atomic E-state index is -0.988. The summed E-state index contributed by atoms with van der Waals surface area (Å²) < 4.78 is 0. The van der Waals surface area contributed by atoms with Gasteiger partial charge in [0.1, 0.15) is 4.88 Å². The van der Waals surface area contributed by atoms with E-state index in [0.29, 0.717) is 11.4 Å². The van der Waals surface area contributed by atoms with Crippen LogP contribution in [0.15, 0.2) is 42.0 Å². The van der Waals surface area contributed by atoms with E-state index < -0.39 is 5.97 Å². The third kappa shape index (κ3) is 4.25. The molecule has 0 saturated carbocycles. The van der Waals surface area contributed by atoms with Crippen molar-refractivity contribution in [3.8, 4) is 0 Å². The zero-order chi connectivity index (χ0) is 15.2. The lowest BCUT2D eigenvalue weighted by Crippen LogP contribution is -2.25. The predicted octanol–water partition coefficient (Wildman–Crippen LogP) is 2.51. The number of rotatable bonds is 5. The number of hydrogen-bond acceptors (Lipinski definition) is 4. The average Bonchev–Trinajstić information content (AvgIpc) is 2.98. The van der Waals surface area contributed by atoms with Crippen LogP contribution in [-0.2, 0) is 11.3 Å². The van der Waals surface area contributed by atoms with E-state index in [-0.39, 0.29) is 5.91 Å². The number of carbonyl (C=O) groups is 2. The summed E-state index contributed by atoms with van der Waals surface area (Å²) >= 11 is 1.31. The zero-order valence-electron chi connectivity index (χ0n) is 11.4. The average molecular weight is 302 g/mol. The highest BCUT2D eigenvalue weighted by Gasteiger charge is 2.13. The fourth-order valence-electron chi connectivity index (χ4n) is 1.82. The molecule has 1 aromatic heterocycles. The highest BCUT2D eigenvalue weighted by Crippen LogP contribution is 2.13. The lowest BCUT2D eigenvalue weighted by molar-refractivity contribution is -0.131. The topological polar surface area (TPSA) is 70.5 Å². The highest BCUT2D eigenvalue weighted by molar-refractivity contribution is 7.11. The summed E-state index contributed by atoms with van der Waals surface area (Å²) in [6.45, 7) is 0.450. The molecule has 1 N–H and O–H groups in total. The fraction of sp³-hybridized carbons (Fsp3) is 0.133. The molecule has 1 amide bonds. The maximum absolute atomic E-state index is 12.1. The van der Waals surface area contributed by atoms with Crippen LogP contribution in [0.4, 0.5) is 0 Å². The summed E-state index contributed by atoms with van der Waals surface area (Å²) in [6.07, 6.45) is 4.16. The molecule has 0 aliphatic carbocycles. The highest BCUT2D eigenvalue weighted by atomic mass is 32.1. The Morgan fingerprint density at radius 2 is 2.24 bits per heavy atom. The van der Waals surface area contributed by atoms with Crippen LogP contribution < -0.4 is 0 Å². The second-order valence-electron chi connectivity index (χ2n) is 4.44. The van der Waals surface area contributed by atoms with Crippen LogP contribution in [0.5, 0.6) is 0 Å². The number of carboxylic acid groups (broad SMARTS) is 1. The van der Waals surface area contributed by atoms with Crippen LogP contribution in [0.1, 0.15) is 20.8 Å². The Morgan fingerprint density at radius 1 is 1.43 bits per heavy atom. The summed E-state index contributed by atoms with van der Waals surface area (Å²) in [5.74, 6) is -1.07. The van der Waals surface area contributed by atoms with Crippen molar-refractivity contribution in [3.05, 3.63) is 58.1 Å². The molecule has 0 aliphatic rings. The molecule has 0 aliphatic heterocycles. The van der Waals surface area contributed by atoms with E-state index in [9.17, 15) is 9.59 Å². The molecule has 2 aromatic rings. The van der Waals surface area contributed by atoms with Gasteiger partial charge in [-0.1, -0.05) is 18.2 Å². The second-order valence-corrected chi connectivity index (χ2v) is 5.33. The Kier molecular flexibility index (Phi) is 4.84. The molecule has 0 bridgehead atoms. The molecule has 0 saturated heterocycles. The number of carboxylic acids is 1. The molecule has 1 heterocycles. The van der Waals surface area contributed by atoms with Gasteiger partial charge in [-0.2, -0.15) is 0 Å². The fourth-order valence-corrected chi connectivity index (χ4v) is 2.43. The first-order valence-corrected chi connectivity index (χ1v) is 7.08. The van der Waals surface area contributed by atoms with Gasteiger partial charge in [-0.25, -0.2) is 4.79 Å². The molecule has 1 aromatic carbocycles. The van der Waals surface area contributed by atoms with Gasteiger partial charge in [0.25, 0.3) is 5.91 Å². The van der Waals surface area contributed by atoms with E-state index in [4.69, 9.17) is 5.11 Å². The minimum Gasteiger partial charge on any atom is -0.478 e. The monoisotopic (exact) mass is 302 g/mol. The molecule has 0 spiro atoms. The molecule has 0 radical (unpaired) electrons. The quantitative estimate of drug-likeness (QED) is 0.862. The smallest absolute Gasteiger partial charge is 0.328 e. The van der Waals surface area contributed by atoms with Crippen molar-refractivity contribution in [2.45, 2.75) is 6.54 Å². The van der Waals surface area contributed by atoms with Gasteiger partial charge < -0.3 is 10.0 Å². The lowest BCUT2D eigenvalue weighted by atomic mass is 10.1. The SMILES string of the molecule is CN(Cc1cccc(/C=C/C(=O)O)c1)C(=O)c1cncs1. The van der Waals surface area contributed by atoms with E-state index in [1.54, 1.807) is 23.7 Å². The van der Waals surface area contributed by atoms with Crippen molar-refractivity contribution < 1.29 is 14.7 Å². The number of amides is 1. The van der Waals surface area contributed by atoms with Gasteiger partial charge in [0.15, 0.2) is 0 Å². The Labute approximate surface area is 126 Å². The molecule has 21 heavy (non-hydrogen) atoms. The van der Waals surface area contributed by atoms with E-state index in [0.717, 1.165) is 17.2 Å². The molecule has 108 valence electrons. The lowest BCUT2D eigenvalue weighted by Gasteiger charge is -2.16. The van der Waals surface area contributed by atoms with Crippen LogP contribution in [-0.4, -0.2) is 33.9 Å². The van der Waals surface area contributed by atoms with Crippen LogP contribution in [0.2, 0.25) is 0 Å². The first-order chi connectivity index (χ1) is 10.1. The molecule has 2 rings (SSSR count). The minimum absolute atomic E-state index is 0.0796. The van der Waals surface area contributed by atoms with Gasteiger partial charge in [0, 0.05) is 19.7 Å². The van der Waals surface area contributed by atoms with Gasteiger partial charge >= 0.3 is 5.97 Å². The normalized spacial score (nSPS) is 10.7.